The summed E-state index contributed by atoms with van der Waals surface area (Å²) in [6, 6.07) is 0. The van der Waals surface area contributed by atoms with Crippen LogP contribution in [-0.2, 0) is 28.6 Å². The number of hydrogen-bond donors (Lipinski definition) is 0. The molecule has 310 valence electrons. The summed E-state index contributed by atoms with van der Waals surface area (Å²) in [5.41, 5.74) is 0. The molecule has 1 atom stereocenters. The molecule has 0 rings (SSSR count). The van der Waals surface area contributed by atoms with E-state index in [1.807, 2.05) is 0 Å². The summed E-state index contributed by atoms with van der Waals surface area (Å²) in [5.74, 6) is -0.968. The van der Waals surface area contributed by atoms with Crippen LogP contribution in [0.4, 0.5) is 0 Å². The number of esters is 3. The van der Waals surface area contributed by atoms with E-state index in [2.05, 4.69) is 81.5 Å². The molecular weight excluding hydrogens is 673 g/mol. The molecule has 0 saturated carbocycles. The topological polar surface area (TPSA) is 78.9 Å². The summed E-state index contributed by atoms with van der Waals surface area (Å²) >= 11 is 0. The van der Waals surface area contributed by atoms with Gasteiger partial charge in [0.05, 0.1) is 0 Å². The summed E-state index contributed by atoms with van der Waals surface area (Å²) in [6.45, 7) is 6.38. The van der Waals surface area contributed by atoms with Gasteiger partial charge in [0.15, 0.2) is 6.10 Å². The van der Waals surface area contributed by atoms with E-state index >= 15 is 0 Å². The van der Waals surface area contributed by atoms with Gasteiger partial charge in [-0.1, -0.05) is 191 Å². The number of carbonyl (C=O) groups is 3. The highest BCUT2D eigenvalue weighted by Crippen LogP contribution is 2.14. The van der Waals surface area contributed by atoms with Gasteiger partial charge in [-0.15, -0.1) is 0 Å². The lowest BCUT2D eigenvalue weighted by atomic mass is 10.0. The Morgan fingerprint density at radius 3 is 1.13 bits per heavy atom. The fourth-order valence-corrected chi connectivity index (χ4v) is 5.95. The molecule has 0 aliphatic rings. The van der Waals surface area contributed by atoms with E-state index in [4.69, 9.17) is 14.2 Å². The Morgan fingerprint density at radius 2 is 0.722 bits per heavy atom. The zero-order valence-electron chi connectivity index (χ0n) is 35.2. The largest absolute Gasteiger partial charge is 0.462 e. The Kier molecular flexibility index (Phi) is 40.6. The molecule has 0 aromatic carbocycles. The van der Waals surface area contributed by atoms with Crippen LogP contribution in [0.3, 0.4) is 0 Å². The fourth-order valence-electron chi connectivity index (χ4n) is 5.95. The van der Waals surface area contributed by atoms with Gasteiger partial charge in [0.25, 0.3) is 0 Å². The molecular formula is C48H82O6. The Balaban J connectivity index is 4.33. The first-order chi connectivity index (χ1) is 26.5. The molecule has 0 spiro atoms. The second kappa shape index (κ2) is 42.8. The average Bonchev–Trinajstić information content (AvgIpc) is 3.17. The molecule has 1 unspecified atom stereocenters. The maximum atomic E-state index is 12.7. The van der Waals surface area contributed by atoms with Gasteiger partial charge in [0.1, 0.15) is 13.2 Å². The maximum Gasteiger partial charge on any atom is 0.306 e. The first-order valence-corrected chi connectivity index (χ1v) is 22.3. The lowest BCUT2D eigenvalue weighted by Crippen LogP contribution is -2.30. The normalized spacial score (nSPS) is 12.6. The Labute approximate surface area is 332 Å². The van der Waals surface area contributed by atoms with Gasteiger partial charge in [-0.2, -0.15) is 0 Å². The van der Waals surface area contributed by atoms with Gasteiger partial charge in [0.2, 0.25) is 0 Å². The van der Waals surface area contributed by atoms with E-state index in [9.17, 15) is 14.4 Å². The van der Waals surface area contributed by atoms with Gasteiger partial charge in [-0.3, -0.25) is 14.4 Å². The van der Waals surface area contributed by atoms with Crippen LogP contribution in [0, 0.1) is 0 Å². The molecule has 0 aliphatic heterocycles. The highest BCUT2D eigenvalue weighted by molar-refractivity contribution is 5.71. The highest BCUT2D eigenvalue weighted by Gasteiger charge is 2.19. The molecule has 0 radical (unpaired) electrons. The highest BCUT2D eigenvalue weighted by atomic mass is 16.6. The molecule has 0 fully saturated rings. The smallest absolute Gasteiger partial charge is 0.306 e. The van der Waals surface area contributed by atoms with Crippen LogP contribution >= 0.6 is 0 Å². The van der Waals surface area contributed by atoms with Crippen molar-refractivity contribution >= 4 is 17.9 Å². The molecule has 6 nitrogen and oxygen atoms in total. The van der Waals surface area contributed by atoms with Gasteiger partial charge >= 0.3 is 17.9 Å². The quantitative estimate of drug-likeness (QED) is 0.0269. The minimum Gasteiger partial charge on any atom is -0.462 e. The first kappa shape index (κ1) is 51.1. The number of unbranched alkanes of at least 4 members (excludes halogenated alkanes) is 18. The summed E-state index contributed by atoms with van der Waals surface area (Å²) in [5, 5.41) is 0. The van der Waals surface area contributed by atoms with Crippen molar-refractivity contribution in [2.45, 2.75) is 213 Å². The van der Waals surface area contributed by atoms with Crippen molar-refractivity contribution < 1.29 is 28.6 Å². The number of rotatable bonds is 39. The van der Waals surface area contributed by atoms with E-state index in [0.29, 0.717) is 19.3 Å². The molecule has 54 heavy (non-hydrogen) atoms. The molecule has 0 aromatic rings. The van der Waals surface area contributed by atoms with E-state index < -0.39 is 6.10 Å². The first-order valence-electron chi connectivity index (χ1n) is 22.3. The summed E-state index contributed by atoms with van der Waals surface area (Å²) in [4.78, 5) is 37.4. The Bertz CT molecular complexity index is 1010. The molecule has 0 bridgehead atoms. The molecule has 0 amide bonds. The zero-order chi connectivity index (χ0) is 39.4. The van der Waals surface area contributed by atoms with Crippen LogP contribution < -0.4 is 0 Å². The van der Waals surface area contributed by atoms with Crippen molar-refractivity contribution in [3.8, 4) is 0 Å². The number of allylic oxidation sites excluding steroid dienone is 10. The summed E-state index contributed by atoms with van der Waals surface area (Å²) < 4.78 is 16.5. The third kappa shape index (κ3) is 40.3. The SMILES string of the molecule is CC/C=C\C/C=C\C/C=C\C/C=C\C/C=C\CCCC(=O)OCC(COC(=O)CCCCCCC)OC(=O)CCCCCCCCCCCCCCCC. The minimum atomic E-state index is -0.789. The van der Waals surface area contributed by atoms with E-state index in [1.54, 1.807) is 0 Å². The third-order valence-corrected chi connectivity index (χ3v) is 9.29. The summed E-state index contributed by atoms with van der Waals surface area (Å²) in [7, 11) is 0. The second-order valence-corrected chi connectivity index (χ2v) is 14.6. The van der Waals surface area contributed by atoms with Gasteiger partial charge in [-0.05, 0) is 57.8 Å². The maximum absolute atomic E-state index is 12.7. The van der Waals surface area contributed by atoms with Crippen LogP contribution in [0.25, 0.3) is 0 Å². The number of hydrogen-bond acceptors (Lipinski definition) is 6. The van der Waals surface area contributed by atoms with Crippen molar-refractivity contribution in [1.29, 1.82) is 0 Å². The Hall–Kier alpha value is -2.89. The summed E-state index contributed by atoms with van der Waals surface area (Å²) in [6.07, 6.45) is 51.0. The fraction of sp³-hybridized carbons (Fsp3) is 0.729. The number of carbonyl (C=O) groups excluding carboxylic acids is 3. The lowest BCUT2D eigenvalue weighted by Gasteiger charge is -2.18. The van der Waals surface area contributed by atoms with Gasteiger partial charge < -0.3 is 14.2 Å². The van der Waals surface area contributed by atoms with E-state index in [0.717, 1.165) is 83.5 Å². The van der Waals surface area contributed by atoms with Crippen LogP contribution in [0.1, 0.15) is 207 Å². The van der Waals surface area contributed by atoms with Crippen LogP contribution in [-0.4, -0.2) is 37.2 Å². The predicted molar refractivity (Wildman–Crippen MR) is 228 cm³/mol. The van der Waals surface area contributed by atoms with Crippen LogP contribution in [0.2, 0.25) is 0 Å². The van der Waals surface area contributed by atoms with Crippen molar-refractivity contribution in [2.24, 2.45) is 0 Å². The molecule has 0 aliphatic carbocycles. The minimum absolute atomic E-state index is 0.0917. The standard InChI is InChI=1S/C48H82O6/c1-4-7-10-13-15-17-19-21-23-24-25-27-28-30-32-35-38-41-47(50)53-44-45(43-52-46(49)40-37-34-12-9-6-3)54-48(51)42-39-36-33-31-29-26-22-20-18-16-14-11-8-5-2/h7,10,15,17,21,23,25,27,30,32,45H,4-6,8-9,11-14,16,18-20,22,24,26,28-29,31,33-44H2,1-3H3/b10-7-,17-15-,23-21-,27-25-,32-30-. The van der Waals surface area contributed by atoms with E-state index in [-0.39, 0.29) is 37.5 Å². The van der Waals surface area contributed by atoms with Crippen molar-refractivity contribution in [2.75, 3.05) is 13.2 Å². The molecule has 0 heterocycles. The zero-order valence-corrected chi connectivity index (χ0v) is 35.2. The molecule has 6 heteroatoms. The average molecular weight is 755 g/mol. The molecule has 0 aromatic heterocycles. The Morgan fingerprint density at radius 1 is 0.389 bits per heavy atom. The monoisotopic (exact) mass is 755 g/mol. The number of ether oxygens (including phenoxy) is 3. The molecule has 0 N–H and O–H groups in total. The van der Waals surface area contributed by atoms with Crippen molar-refractivity contribution in [1.82, 2.24) is 0 Å². The predicted octanol–water partition coefficient (Wildman–Crippen LogP) is 14.1. The van der Waals surface area contributed by atoms with Crippen molar-refractivity contribution in [3.05, 3.63) is 60.8 Å². The lowest BCUT2D eigenvalue weighted by molar-refractivity contribution is -0.167. The second-order valence-electron chi connectivity index (χ2n) is 14.6. The third-order valence-electron chi connectivity index (χ3n) is 9.29. The van der Waals surface area contributed by atoms with Gasteiger partial charge in [-0.25, -0.2) is 0 Å². The van der Waals surface area contributed by atoms with Crippen molar-refractivity contribution in [3.63, 3.8) is 0 Å². The van der Waals surface area contributed by atoms with E-state index in [1.165, 1.54) is 77.0 Å². The van der Waals surface area contributed by atoms with Crippen LogP contribution in [0.15, 0.2) is 60.8 Å². The van der Waals surface area contributed by atoms with Gasteiger partial charge in [0, 0.05) is 19.3 Å². The van der Waals surface area contributed by atoms with Crippen LogP contribution in [0.5, 0.6) is 0 Å². The molecule has 0 saturated heterocycles.